The Kier molecular flexibility index (Phi) is 3.20. The minimum Gasteiger partial charge on any atom is -0.241 e. The van der Waals surface area contributed by atoms with Crippen LogP contribution in [0.3, 0.4) is 0 Å². The molecule has 0 aliphatic rings. The SMILES string of the molecule is C=Cc1ccc(-c2nc(C(C)C)cs2)cc1. The minimum absolute atomic E-state index is 0.498. The molecular weight excluding hydrogens is 214 g/mol. The lowest BCUT2D eigenvalue weighted by Crippen LogP contribution is -1.86. The van der Waals surface area contributed by atoms with Crippen molar-refractivity contribution in [1.29, 1.82) is 0 Å². The van der Waals surface area contributed by atoms with Gasteiger partial charge in [0.15, 0.2) is 0 Å². The molecule has 0 atom stereocenters. The standard InChI is InChI=1S/C14H15NS/c1-4-11-5-7-12(8-6-11)14-15-13(9-16-14)10(2)3/h4-10H,1H2,2-3H3. The highest BCUT2D eigenvalue weighted by Gasteiger charge is 2.06. The van der Waals surface area contributed by atoms with Crippen LogP contribution in [0.5, 0.6) is 0 Å². The number of nitrogens with zero attached hydrogens (tertiary/aromatic N) is 1. The van der Waals surface area contributed by atoms with E-state index in [2.05, 4.69) is 55.1 Å². The normalized spacial score (nSPS) is 10.7. The second-order valence-electron chi connectivity index (χ2n) is 4.06. The van der Waals surface area contributed by atoms with Crippen molar-refractivity contribution < 1.29 is 0 Å². The second kappa shape index (κ2) is 4.62. The molecule has 1 nitrogen and oxygen atoms in total. The van der Waals surface area contributed by atoms with E-state index in [1.54, 1.807) is 11.3 Å². The Morgan fingerprint density at radius 2 is 1.94 bits per heavy atom. The number of thiazole rings is 1. The molecule has 1 heterocycles. The second-order valence-corrected chi connectivity index (χ2v) is 4.92. The van der Waals surface area contributed by atoms with Crippen molar-refractivity contribution in [3.63, 3.8) is 0 Å². The van der Waals surface area contributed by atoms with Crippen LogP contribution >= 0.6 is 11.3 Å². The van der Waals surface area contributed by atoms with Crippen LogP contribution in [0.1, 0.15) is 31.0 Å². The average molecular weight is 229 g/mol. The van der Waals surface area contributed by atoms with Crippen molar-refractivity contribution in [1.82, 2.24) is 4.98 Å². The predicted molar refractivity (Wildman–Crippen MR) is 71.7 cm³/mol. The smallest absolute Gasteiger partial charge is 0.123 e. The summed E-state index contributed by atoms with van der Waals surface area (Å²) in [4.78, 5) is 4.63. The summed E-state index contributed by atoms with van der Waals surface area (Å²) < 4.78 is 0. The fourth-order valence-corrected chi connectivity index (χ4v) is 2.43. The van der Waals surface area contributed by atoms with Crippen LogP contribution in [0.2, 0.25) is 0 Å². The molecule has 0 bridgehead atoms. The summed E-state index contributed by atoms with van der Waals surface area (Å²) in [6, 6.07) is 8.33. The first-order valence-corrected chi connectivity index (χ1v) is 6.27. The van der Waals surface area contributed by atoms with Gasteiger partial charge in [0.25, 0.3) is 0 Å². The van der Waals surface area contributed by atoms with Crippen molar-refractivity contribution >= 4 is 17.4 Å². The highest BCUT2D eigenvalue weighted by Crippen LogP contribution is 2.26. The molecule has 0 unspecified atom stereocenters. The van der Waals surface area contributed by atoms with E-state index >= 15 is 0 Å². The van der Waals surface area contributed by atoms with Crippen LogP contribution in [0.4, 0.5) is 0 Å². The first kappa shape index (κ1) is 11.1. The maximum Gasteiger partial charge on any atom is 0.123 e. The molecule has 0 amide bonds. The number of aromatic nitrogens is 1. The van der Waals surface area contributed by atoms with Crippen molar-refractivity contribution in [2.75, 3.05) is 0 Å². The number of rotatable bonds is 3. The Balaban J connectivity index is 2.31. The third kappa shape index (κ3) is 2.22. The molecule has 2 heteroatoms. The lowest BCUT2D eigenvalue weighted by atomic mass is 10.1. The van der Waals surface area contributed by atoms with Crippen molar-refractivity contribution in [2.45, 2.75) is 19.8 Å². The number of benzene rings is 1. The molecule has 0 saturated carbocycles. The topological polar surface area (TPSA) is 12.9 Å². The molecule has 16 heavy (non-hydrogen) atoms. The zero-order valence-electron chi connectivity index (χ0n) is 9.60. The molecule has 82 valence electrons. The maximum atomic E-state index is 4.63. The van der Waals surface area contributed by atoms with Crippen molar-refractivity contribution in [3.8, 4) is 10.6 Å². The van der Waals surface area contributed by atoms with Gasteiger partial charge in [0.2, 0.25) is 0 Å². The summed E-state index contributed by atoms with van der Waals surface area (Å²) in [6.45, 7) is 8.08. The summed E-state index contributed by atoms with van der Waals surface area (Å²) >= 11 is 1.71. The molecule has 0 spiro atoms. The van der Waals surface area contributed by atoms with Gasteiger partial charge >= 0.3 is 0 Å². The van der Waals surface area contributed by atoms with Gasteiger partial charge in [-0.15, -0.1) is 11.3 Å². The molecule has 0 aliphatic heterocycles. The average Bonchev–Trinajstić information content (AvgIpc) is 2.78. The molecule has 0 fully saturated rings. The van der Waals surface area contributed by atoms with Crippen LogP contribution in [-0.4, -0.2) is 4.98 Å². The maximum absolute atomic E-state index is 4.63. The van der Waals surface area contributed by atoms with Gasteiger partial charge in [-0.25, -0.2) is 4.98 Å². The van der Waals surface area contributed by atoms with Gasteiger partial charge < -0.3 is 0 Å². The summed E-state index contributed by atoms with van der Waals surface area (Å²) in [5, 5.41) is 3.24. The van der Waals surface area contributed by atoms with E-state index in [0.717, 1.165) is 10.6 Å². The fraction of sp³-hybridized carbons (Fsp3) is 0.214. The minimum atomic E-state index is 0.498. The third-order valence-electron chi connectivity index (χ3n) is 2.51. The Hall–Kier alpha value is -1.41. The number of hydrogen-bond donors (Lipinski definition) is 0. The summed E-state index contributed by atoms with van der Waals surface area (Å²) in [6.07, 6.45) is 1.85. The first-order chi connectivity index (χ1) is 7.70. The van der Waals surface area contributed by atoms with E-state index in [9.17, 15) is 0 Å². The molecule has 0 radical (unpaired) electrons. The zero-order chi connectivity index (χ0) is 11.5. The van der Waals surface area contributed by atoms with Crippen LogP contribution in [-0.2, 0) is 0 Å². The monoisotopic (exact) mass is 229 g/mol. The Morgan fingerprint density at radius 3 is 2.44 bits per heavy atom. The molecule has 0 N–H and O–H groups in total. The summed E-state index contributed by atoms with van der Waals surface area (Å²) in [5.41, 5.74) is 3.50. The fourth-order valence-electron chi connectivity index (χ4n) is 1.45. The van der Waals surface area contributed by atoms with E-state index < -0.39 is 0 Å². The van der Waals surface area contributed by atoms with E-state index in [4.69, 9.17) is 0 Å². The Labute approximate surface area is 100 Å². The van der Waals surface area contributed by atoms with Gasteiger partial charge in [0.05, 0.1) is 5.69 Å². The molecule has 1 aromatic carbocycles. The Bertz CT molecular complexity index is 480. The van der Waals surface area contributed by atoms with Gasteiger partial charge in [-0.05, 0) is 11.5 Å². The molecule has 1 aromatic heterocycles. The lowest BCUT2D eigenvalue weighted by Gasteiger charge is -1.99. The van der Waals surface area contributed by atoms with Crippen LogP contribution in [0.25, 0.3) is 16.6 Å². The zero-order valence-corrected chi connectivity index (χ0v) is 10.4. The van der Waals surface area contributed by atoms with E-state index in [1.807, 2.05) is 6.08 Å². The number of hydrogen-bond acceptors (Lipinski definition) is 2. The molecular formula is C14H15NS. The molecule has 2 aromatic rings. The lowest BCUT2D eigenvalue weighted by molar-refractivity contribution is 0.834. The third-order valence-corrected chi connectivity index (χ3v) is 3.42. The Morgan fingerprint density at radius 1 is 1.25 bits per heavy atom. The van der Waals surface area contributed by atoms with E-state index in [0.29, 0.717) is 5.92 Å². The molecule has 0 saturated heterocycles. The van der Waals surface area contributed by atoms with Crippen LogP contribution in [0, 0.1) is 0 Å². The highest BCUT2D eigenvalue weighted by molar-refractivity contribution is 7.13. The molecule has 0 aliphatic carbocycles. The van der Waals surface area contributed by atoms with E-state index in [1.165, 1.54) is 11.3 Å². The summed E-state index contributed by atoms with van der Waals surface area (Å²) in [7, 11) is 0. The van der Waals surface area contributed by atoms with Crippen LogP contribution < -0.4 is 0 Å². The summed E-state index contributed by atoms with van der Waals surface area (Å²) in [5.74, 6) is 0.498. The molecule has 2 rings (SSSR count). The van der Waals surface area contributed by atoms with Gasteiger partial charge in [0.1, 0.15) is 5.01 Å². The highest BCUT2D eigenvalue weighted by atomic mass is 32.1. The largest absolute Gasteiger partial charge is 0.241 e. The van der Waals surface area contributed by atoms with Crippen molar-refractivity contribution in [3.05, 3.63) is 47.5 Å². The van der Waals surface area contributed by atoms with Gasteiger partial charge in [-0.1, -0.05) is 50.8 Å². The van der Waals surface area contributed by atoms with E-state index in [-0.39, 0.29) is 0 Å². The quantitative estimate of drug-likeness (QED) is 0.751. The van der Waals surface area contributed by atoms with Gasteiger partial charge in [0, 0.05) is 10.9 Å². The van der Waals surface area contributed by atoms with Gasteiger partial charge in [-0.2, -0.15) is 0 Å². The van der Waals surface area contributed by atoms with Gasteiger partial charge in [-0.3, -0.25) is 0 Å². The van der Waals surface area contributed by atoms with Crippen LogP contribution in [0.15, 0.2) is 36.2 Å². The van der Waals surface area contributed by atoms with Crippen molar-refractivity contribution in [2.24, 2.45) is 0 Å². The predicted octanol–water partition coefficient (Wildman–Crippen LogP) is 4.58. The first-order valence-electron chi connectivity index (χ1n) is 5.39.